The highest BCUT2D eigenvalue weighted by molar-refractivity contribution is 5.98. The molecule has 0 aliphatic carbocycles. The summed E-state index contributed by atoms with van der Waals surface area (Å²) in [5.41, 5.74) is 5.14. The minimum Gasteiger partial charge on any atom is -0.381 e. The molecule has 6 nitrogen and oxygen atoms in total. The molecule has 0 unspecified atom stereocenters. The largest absolute Gasteiger partial charge is 0.381 e. The standard InChI is InChI=1S/C28H24N4O2/c33-27(32-18-28(19-32)12-14-34-15-13-28)22-16-24-25(30-31-26(24)29-17-22)11-10-21-8-4-5-9-23(21)20-6-2-1-3-7-20/h1-9,16-17H,12-15,18-19H2,(H,29,30,31). The quantitative estimate of drug-likeness (QED) is 0.465. The number of likely N-dealkylation sites (tertiary alicyclic amines) is 1. The number of H-pyrrole nitrogens is 1. The Hall–Kier alpha value is -3.95. The number of benzene rings is 2. The summed E-state index contributed by atoms with van der Waals surface area (Å²) in [6.07, 6.45) is 3.68. The van der Waals surface area contributed by atoms with Crippen molar-refractivity contribution in [1.82, 2.24) is 20.1 Å². The van der Waals surface area contributed by atoms with Gasteiger partial charge in [0.1, 0.15) is 5.69 Å². The molecule has 0 saturated carbocycles. The molecule has 34 heavy (non-hydrogen) atoms. The Labute approximate surface area is 198 Å². The van der Waals surface area contributed by atoms with Gasteiger partial charge in [0.25, 0.3) is 5.91 Å². The molecule has 2 aromatic carbocycles. The third-order valence-electron chi connectivity index (χ3n) is 6.88. The number of aromatic amines is 1. The third-order valence-corrected chi connectivity index (χ3v) is 6.88. The first-order valence-corrected chi connectivity index (χ1v) is 11.6. The number of ether oxygens (including phenoxy) is 1. The average Bonchev–Trinajstić information content (AvgIpc) is 3.29. The minimum absolute atomic E-state index is 0.0149. The van der Waals surface area contributed by atoms with Gasteiger partial charge in [-0.1, -0.05) is 54.5 Å². The summed E-state index contributed by atoms with van der Waals surface area (Å²) in [4.78, 5) is 19.4. The molecule has 2 aromatic heterocycles. The van der Waals surface area contributed by atoms with E-state index in [0.717, 1.165) is 61.2 Å². The van der Waals surface area contributed by atoms with E-state index in [0.29, 0.717) is 16.9 Å². The molecule has 6 rings (SSSR count). The molecule has 168 valence electrons. The van der Waals surface area contributed by atoms with Crippen LogP contribution < -0.4 is 0 Å². The van der Waals surface area contributed by atoms with Crippen molar-refractivity contribution in [3.05, 3.63) is 83.7 Å². The predicted molar refractivity (Wildman–Crippen MR) is 130 cm³/mol. The summed E-state index contributed by atoms with van der Waals surface area (Å²) in [7, 11) is 0. The second kappa shape index (κ2) is 8.44. The van der Waals surface area contributed by atoms with Gasteiger partial charge in [-0.15, -0.1) is 0 Å². The summed E-state index contributed by atoms with van der Waals surface area (Å²) in [6, 6.07) is 20.1. The fraction of sp³-hybridized carbons (Fsp3) is 0.250. The molecule has 2 saturated heterocycles. The highest BCUT2D eigenvalue weighted by atomic mass is 16.5. The lowest BCUT2D eigenvalue weighted by Crippen LogP contribution is -2.60. The van der Waals surface area contributed by atoms with Crippen LogP contribution in [0.2, 0.25) is 0 Å². The lowest BCUT2D eigenvalue weighted by molar-refractivity contribution is -0.0666. The fourth-order valence-corrected chi connectivity index (χ4v) is 4.91. The molecule has 1 spiro atoms. The van der Waals surface area contributed by atoms with Gasteiger partial charge in [0.2, 0.25) is 0 Å². The molecular formula is C28H24N4O2. The number of nitrogens with one attached hydrogen (secondary N) is 1. The molecule has 1 amide bonds. The zero-order chi connectivity index (χ0) is 23.0. The minimum atomic E-state index is 0.0149. The first kappa shape index (κ1) is 20.6. The van der Waals surface area contributed by atoms with Crippen molar-refractivity contribution in [2.24, 2.45) is 5.41 Å². The zero-order valence-electron chi connectivity index (χ0n) is 18.8. The Balaban J connectivity index is 1.27. The second-order valence-electron chi connectivity index (χ2n) is 9.13. The van der Waals surface area contributed by atoms with Crippen molar-refractivity contribution < 1.29 is 9.53 Å². The average molecular weight is 449 g/mol. The summed E-state index contributed by atoms with van der Waals surface area (Å²) in [6.45, 7) is 3.17. The summed E-state index contributed by atoms with van der Waals surface area (Å²) in [5.74, 6) is 6.48. The number of hydrogen-bond acceptors (Lipinski definition) is 4. The van der Waals surface area contributed by atoms with Crippen molar-refractivity contribution in [3.8, 4) is 23.0 Å². The Morgan fingerprint density at radius 3 is 2.59 bits per heavy atom. The summed E-state index contributed by atoms with van der Waals surface area (Å²) >= 11 is 0. The number of amides is 1. The lowest BCUT2D eigenvalue weighted by atomic mass is 9.73. The molecule has 2 aliphatic heterocycles. The Morgan fingerprint density at radius 1 is 1.00 bits per heavy atom. The van der Waals surface area contributed by atoms with Gasteiger partial charge in [-0.2, -0.15) is 5.10 Å². The van der Waals surface area contributed by atoms with Gasteiger partial charge in [0.15, 0.2) is 5.65 Å². The Kier molecular flexibility index (Phi) is 5.12. The van der Waals surface area contributed by atoms with E-state index in [1.807, 2.05) is 47.4 Å². The predicted octanol–water partition coefficient (Wildman–Crippen LogP) is 4.28. The maximum absolute atomic E-state index is 13.1. The van der Waals surface area contributed by atoms with Gasteiger partial charge in [0, 0.05) is 43.5 Å². The van der Waals surface area contributed by atoms with Gasteiger partial charge in [-0.25, -0.2) is 4.98 Å². The van der Waals surface area contributed by atoms with Crippen molar-refractivity contribution in [3.63, 3.8) is 0 Å². The van der Waals surface area contributed by atoms with Crippen molar-refractivity contribution in [1.29, 1.82) is 0 Å². The maximum atomic E-state index is 13.1. The topological polar surface area (TPSA) is 71.1 Å². The van der Waals surface area contributed by atoms with Gasteiger partial charge in [-0.05, 0) is 42.0 Å². The molecule has 4 aromatic rings. The van der Waals surface area contributed by atoms with Crippen LogP contribution in [0.4, 0.5) is 0 Å². The van der Waals surface area contributed by atoms with E-state index in [4.69, 9.17) is 4.74 Å². The van der Waals surface area contributed by atoms with E-state index < -0.39 is 0 Å². The molecule has 0 radical (unpaired) electrons. The van der Waals surface area contributed by atoms with Crippen molar-refractivity contribution in [2.75, 3.05) is 26.3 Å². The molecule has 6 heteroatoms. The number of hydrogen-bond donors (Lipinski definition) is 1. The van der Waals surface area contributed by atoms with Gasteiger partial charge >= 0.3 is 0 Å². The van der Waals surface area contributed by atoms with Crippen LogP contribution in [-0.4, -0.2) is 52.3 Å². The first-order valence-electron chi connectivity index (χ1n) is 11.6. The smallest absolute Gasteiger partial charge is 0.255 e. The summed E-state index contributed by atoms with van der Waals surface area (Å²) < 4.78 is 5.48. The maximum Gasteiger partial charge on any atom is 0.255 e. The van der Waals surface area contributed by atoms with Crippen LogP contribution in [0.1, 0.15) is 34.5 Å². The number of pyridine rings is 1. The molecule has 0 bridgehead atoms. The zero-order valence-corrected chi connectivity index (χ0v) is 18.8. The Morgan fingerprint density at radius 2 is 1.76 bits per heavy atom. The van der Waals surface area contributed by atoms with Crippen LogP contribution in [0.25, 0.3) is 22.2 Å². The van der Waals surface area contributed by atoms with Crippen LogP contribution in [0, 0.1) is 17.3 Å². The van der Waals surface area contributed by atoms with E-state index in [1.165, 1.54) is 0 Å². The Bertz CT molecular complexity index is 1420. The van der Waals surface area contributed by atoms with E-state index in [-0.39, 0.29) is 11.3 Å². The molecule has 2 fully saturated rings. The number of carbonyl (C=O) groups is 1. The molecule has 1 N–H and O–H groups in total. The lowest BCUT2D eigenvalue weighted by Gasteiger charge is -2.52. The molecule has 2 aliphatic rings. The second-order valence-corrected chi connectivity index (χ2v) is 9.13. The third kappa shape index (κ3) is 3.74. The highest BCUT2D eigenvalue weighted by Crippen LogP contribution is 2.40. The van der Waals surface area contributed by atoms with Crippen LogP contribution >= 0.6 is 0 Å². The van der Waals surface area contributed by atoms with Crippen LogP contribution in [0.15, 0.2) is 66.9 Å². The van der Waals surface area contributed by atoms with Crippen molar-refractivity contribution >= 4 is 16.9 Å². The highest BCUT2D eigenvalue weighted by Gasteiger charge is 2.46. The first-order chi connectivity index (χ1) is 16.7. The molecular weight excluding hydrogens is 424 g/mol. The van der Waals surface area contributed by atoms with Gasteiger partial charge in [-0.3, -0.25) is 9.89 Å². The van der Waals surface area contributed by atoms with E-state index in [1.54, 1.807) is 6.20 Å². The number of fused-ring (bicyclic) bond motifs is 1. The van der Waals surface area contributed by atoms with Crippen molar-refractivity contribution in [2.45, 2.75) is 12.8 Å². The van der Waals surface area contributed by atoms with E-state index in [2.05, 4.69) is 45.2 Å². The van der Waals surface area contributed by atoms with Crippen LogP contribution in [0.3, 0.4) is 0 Å². The molecule has 4 heterocycles. The SMILES string of the molecule is O=C(c1cnc2[nH]nc(C#Cc3ccccc3-c3ccccc3)c2c1)N1CC2(CCOCC2)C1. The normalized spacial score (nSPS) is 16.6. The number of nitrogens with zero attached hydrogens (tertiary/aromatic N) is 3. The number of aromatic nitrogens is 3. The van der Waals surface area contributed by atoms with Crippen LogP contribution in [0.5, 0.6) is 0 Å². The fourth-order valence-electron chi connectivity index (χ4n) is 4.91. The monoisotopic (exact) mass is 448 g/mol. The van der Waals surface area contributed by atoms with Crippen LogP contribution in [-0.2, 0) is 4.74 Å². The summed E-state index contributed by atoms with van der Waals surface area (Å²) in [5, 5.41) is 8.06. The van der Waals surface area contributed by atoms with E-state index in [9.17, 15) is 4.79 Å². The van der Waals surface area contributed by atoms with Gasteiger partial charge in [0.05, 0.1) is 10.9 Å². The number of carbonyl (C=O) groups excluding carboxylic acids is 1. The number of rotatable bonds is 2. The van der Waals surface area contributed by atoms with Gasteiger partial charge < -0.3 is 9.64 Å². The van der Waals surface area contributed by atoms with E-state index >= 15 is 0 Å². The molecule has 0 atom stereocenters.